The van der Waals surface area contributed by atoms with Gasteiger partial charge in [-0.15, -0.1) is 0 Å². The van der Waals surface area contributed by atoms with Gasteiger partial charge in [0.2, 0.25) is 10.0 Å². The van der Waals surface area contributed by atoms with E-state index in [1.54, 1.807) is 22.5 Å². The summed E-state index contributed by atoms with van der Waals surface area (Å²) in [5, 5.41) is 0.192. The van der Waals surface area contributed by atoms with E-state index in [2.05, 4.69) is 11.9 Å². The van der Waals surface area contributed by atoms with Gasteiger partial charge in [0.15, 0.2) is 0 Å². The van der Waals surface area contributed by atoms with Crippen molar-refractivity contribution < 1.29 is 8.42 Å². The highest BCUT2D eigenvalue weighted by atomic mass is 35.5. The topological polar surface area (TPSA) is 66.6 Å². The lowest BCUT2D eigenvalue weighted by molar-refractivity contribution is 0.246. The predicted octanol–water partition coefficient (Wildman–Crippen LogP) is 1.78. The van der Waals surface area contributed by atoms with Crippen LogP contribution in [-0.2, 0) is 10.0 Å². The Kier molecular flexibility index (Phi) is 3.90. The molecule has 2 fully saturated rings. The lowest BCUT2D eigenvalue weighted by Gasteiger charge is -2.26. The predicted molar refractivity (Wildman–Crippen MR) is 83.8 cm³/mol. The molecule has 2 unspecified atom stereocenters. The van der Waals surface area contributed by atoms with E-state index in [0.29, 0.717) is 19.1 Å². The maximum absolute atomic E-state index is 12.9. The van der Waals surface area contributed by atoms with Crippen molar-refractivity contribution in [2.45, 2.75) is 36.2 Å². The summed E-state index contributed by atoms with van der Waals surface area (Å²) in [6.07, 6.45) is 3.06. The molecule has 2 N–H and O–H groups in total. The van der Waals surface area contributed by atoms with E-state index in [1.165, 1.54) is 0 Å². The number of nitrogens with zero attached hydrogens (tertiary/aromatic N) is 2. The van der Waals surface area contributed by atoms with Gasteiger partial charge < -0.3 is 5.73 Å². The summed E-state index contributed by atoms with van der Waals surface area (Å²) < 4.78 is 27.4. The second-order valence-electron chi connectivity index (χ2n) is 5.86. The standard InChI is InChI=1S/C14H20ClN3O2S/c1-17-10-5-6-11(17)9-18(8-7-10)21(19,20)14-12(15)3-2-4-13(14)16/h2-4,10-11H,5-9,16H2,1H3. The normalized spacial score (nSPS) is 27.7. The van der Waals surface area contributed by atoms with Gasteiger partial charge in [-0.05, 0) is 38.4 Å². The minimum atomic E-state index is -3.64. The van der Waals surface area contributed by atoms with Crippen molar-refractivity contribution >= 4 is 27.3 Å². The largest absolute Gasteiger partial charge is 0.398 e. The Balaban J connectivity index is 1.96. The first-order valence-electron chi connectivity index (χ1n) is 7.17. The van der Waals surface area contributed by atoms with E-state index in [-0.39, 0.29) is 21.6 Å². The van der Waals surface area contributed by atoms with Crippen molar-refractivity contribution in [1.29, 1.82) is 0 Å². The molecule has 1 aromatic rings. The minimum absolute atomic E-state index is 0.0482. The molecule has 2 aliphatic rings. The summed E-state index contributed by atoms with van der Waals surface area (Å²) in [6.45, 7) is 1.04. The molecule has 2 atom stereocenters. The van der Waals surface area contributed by atoms with Gasteiger partial charge in [0.05, 0.1) is 10.7 Å². The number of rotatable bonds is 2. The van der Waals surface area contributed by atoms with Crippen molar-refractivity contribution in [1.82, 2.24) is 9.21 Å². The molecule has 0 amide bonds. The molecule has 0 aliphatic carbocycles. The molecule has 2 bridgehead atoms. The van der Waals surface area contributed by atoms with Crippen molar-refractivity contribution in [2.24, 2.45) is 0 Å². The molecular formula is C14H20ClN3O2S. The Bertz CT molecular complexity index is 629. The van der Waals surface area contributed by atoms with E-state index in [0.717, 1.165) is 19.3 Å². The van der Waals surface area contributed by atoms with Crippen LogP contribution < -0.4 is 5.73 Å². The number of halogens is 1. The average Bonchev–Trinajstić information content (AvgIpc) is 2.61. The van der Waals surface area contributed by atoms with Gasteiger partial charge in [-0.25, -0.2) is 8.42 Å². The molecule has 2 heterocycles. The number of benzene rings is 1. The summed E-state index contributed by atoms with van der Waals surface area (Å²) in [5.74, 6) is 0. The maximum Gasteiger partial charge on any atom is 0.246 e. The zero-order chi connectivity index (χ0) is 15.2. The summed E-state index contributed by atoms with van der Waals surface area (Å²) >= 11 is 6.09. The molecule has 0 aromatic heterocycles. The Labute approximate surface area is 130 Å². The van der Waals surface area contributed by atoms with Crippen LogP contribution in [0.1, 0.15) is 19.3 Å². The second-order valence-corrected chi connectivity index (χ2v) is 8.14. The molecule has 2 saturated heterocycles. The fourth-order valence-electron chi connectivity index (χ4n) is 3.42. The maximum atomic E-state index is 12.9. The van der Waals surface area contributed by atoms with Gasteiger partial charge in [0.1, 0.15) is 4.90 Å². The third-order valence-electron chi connectivity index (χ3n) is 4.71. The summed E-state index contributed by atoms with van der Waals surface area (Å²) in [6, 6.07) is 5.58. The number of nitrogen functional groups attached to an aromatic ring is 1. The molecule has 5 nitrogen and oxygen atoms in total. The van der Waals surface area contributed by atoms with Gasteiger partial charge in [-0.2, -0.15) is 4.31 Å². The SMILES string of the molecule is CN1C2CCC1CN(S(=O)(=O)c1c(N)cccc1Cl)CC2. The van der Waals surface area contributed by atoms with Crippen molar-refractivity contribution in [3.63, 3.8) is 0 Å². The molecule has 1 aromatic carbocycles. The monoisotopic (exact) mass is 329 g/mol. The fourth-order valence-corrected chi connectivity index (χ4v) is 5.55. The number of nitrogens with two attached hydrogens (primary N) is 1. The van der Waals surface area contributed by atoms with Crippen molar-refractivity contribution in [3.05, 3.63) is 23.2 Å². The van der Waals surface area contributed by atoms with Gasteiger partial charge in [-0.1, -0.05) is 17.7 Å². The zero-order valence-electron chi connectivity index (χ0n) is 12.0. The molecule has 0 spiro atoms. The summed E-state index contributed by atoms with van der Waals surface area (Å²) in [5.41, 5.74) is 6.07. The number of sulfonamides is 1. The molecule has 7 heteroatoms. The van der Waals surface area contributed by atoms with E-state index in [9.17, 15) is 8.42 Å². The number of likely N-dealkylation sites (N-methyl/N-ethyl adjacent to an activating group) is 1. The van der Waals surface area contributed by atoms with Crippen LogP contribution in [0.2, 0.25) is 5.02 Å². The van der Waals surface area contributed by atoms with Crippen LogP contribution in [0.25, 0.3) is 0 Å². The molecule has 3 rings (SSSR count). The number of hydrogen-bond donors (Lipinski definition) is 1. The third-order valence-corrected chi connectivity index (χ3v) is 7.12. The second kappa shape index (κ2) is 5.43. The van der Waals surface area contributed by atoms with Gasteiger partial charge >= 0.3 is 0 Å². The Hall–Kier alpha value is -0.820. The van der Waals surface area contributed by atoms with Crippen LogP contribution in [0.15, 0.2) is 23.1 Å². The number of anilines is 1. The summed E-state index contributed by atoms with van der Waals surface area (Å²) in [4.78, 5) is 2.36. The first-order valence-corrected chi connectivity index (χ1v) is 8.99. The van der Waals surface area contributed by atoms with Crippen molar-refractivity contribution in [3.8, 4) is 0 Å². The Morgan fingerprint density at radius 1 is 1.24 bits per heavy atom. The molecule has 0 saturated carbocycles. The van der Waals surface area contributed by atoms with Gasteiger partial charge in [0, 0.05) is 25.2 Å². The van der Waals surface area contributed by atoms with Crippen LogP contribution in [-0.4, -0.2) is 49.8 Å². The molecule has 116 valence electrons. The van der Waals surface area contributed by atoms with E-state index in [1.807, 2.05) is 0 Å². The lowest BCUT2D eigenvalue weighted by atomic mass is 10.1. The molecule has 2 aliphatic heterocycles. The third kappa shape index (κ3) is 2.54. The quantitative estimate of drug-likeness (QED) is 0.840. The molecule has 21 heavy (non-hydrogen) atoms. The lowest BCUT2D eigenvalue weighted by Crippen LogP contribution is -2.39. The van der Waals surface area contributed by atoms with Gasteiger partial charge in [-0.3, -0.25) is 4.90 Å². The Morgan fingerprint density at radius 3 is 2.67 bits per heavy atom. The first kappa shape index (κ1) is 15.1. The number of hydrogen-bond acceptors (Lipinski definition) is 4. The van der Waals surface area contributed by atoms with Gasteiger partial charge in [0.25, 0.3) is 0 Å². The van der Waals surface area contributed by atoms with Crippen molar-refractivity contribution in [2.75, 3.05) is 25.9 Å². The fraction of sp³-hybridized carbons (Fsp3) is 0.571. The average molecular weight is 330 g/mol. The number of fused-ring (bicyclic) bond motifs is 2. The van der Waals surface area contributed by atoms with E-state index in [4.69, 9.17) is 17.3 Å². The highest BCUT2D eigenvalue weighted by Crippen LogP contribution is 2.34. The van der Waals surface area contributed by atoms with Crippen LogP contribution in [0, 0.1) is 0 Å². The van der Waals surface area contributed by atoms with Crippen LogP contribution in [0.4, 0.5) is 5.69 Å². The van der Waals surface area contributed by atoms with Crippen LogP contribution in [0.5, 0.6) is 0 Å². The first-order chi connectivity index (χ1) is 9.91. The Morgan fingerprint density at radius 2 is 1.95 bits per heavy atom. The highest BCUT2D eigenvalue weighted by Gasteiger charge is 2.39. The zero-order valence-corrected chi connectivity index (χ0v) is 13.6. The molecule has 0 radical (unpaired) electrons. The van der Waals surface area contributed by atoms with Crippen LogP contribution in [0.3, 0.4) is 0 Å². The van der Waals surface area contributed by atoms with Crippen LogP contribution >= 0.6 is 11.6 Å². The summed E-state index contributed by atoms with van der Waals surface area (Å²) in [7, 11) is -1.56. The molecular weight excluding hydrogens is 310 g/mol. The highest BCUT2D eigenvalue weighted by molar-refractivity contribution is 7.89. The van der Waals surface area contributed by atoms with E-state index >= 15 is 0 Å². The van der Waals surface area contributed by atoms with E-state index < -0.39 is 10.0 Å². The smallest absolute Gasteiger partial charge is 0.246 e. The minimum Gasteiger partial charge on any atom is -0.398 e.